The SMILES string of the molecule is CCNC(=NCCCOC1CCOCC1)NC(C)C(C)C. The van der Waals surface area contributed by atoms with Crippen LogP contribution in [0.4, 0.5) is 0 Å². The number of aliphatic imine (C=N–C) groups is 1. The van der Waals surface area contributed by atoms with Crippen LogP contribution in [-0.4, -0.2) is 51.0 Å². The van der Waals surface area contributed by atoms with Gasteiger partial charge in [0.2, 0.25) is 0 Å². The van der Waals surface area contributed by atoms with E-state index in [9.17, 15) is 0 Å². The van der Waals surface area contributed by atoms with E-state index in [1.807, 2.05) is 0 Å². The molecule has 0 aromatic carbocycles. The normalized spacial score (nSPS) is 18.8. The van der Waals surface area contributed by atoms with Gasteiger partial charge in [0.15, 0.2) is 5.96 Å². The minimum atomic E-state index is 0.384. The van der Waals surface area contributed by atoms with Crippen LogP contribution in [0, 0.1) is 5.92 Å². The van der Waals surface area contributed by atoms with Crippen LogP contribution in [0.3, 0.4) is 0 Å². The Hall–Kier alpha value is -0.810. The van der Waals surface area contributed by atoms with Crippen LogP contribution in [0.1, 0.15) is 47.0 Å². The van der Waals surface area contributed by atoms with Crippen LogP contribution in [0.15, 0.2) is 4.99 Å². The van der Waals surface area contributed by atoms with Gasteiger partial charge in [-0.1, -0.05) is 13.8 Å². The Bertz CT molecular complexity index is 289. The molecule has 21 heavy (non-hydrogen) atoms. The molecule has 0 saturated carbocycles. The molecule has 1 aliphatic rings. The van der Waals surface area contributed by atoms with Crippen molar-refractivity contribution in [1.82, 2.24) is 10.6 Å². The molecule has 1 atom stereocenters. The molecule has 0 aromatic rings. The Morgan fingerprint density at radius 3 is 2.62 bits per heavy atom. The molecule has 0 radical (unpaired) electrons. The Kier molecular flexibility index (Phi) is 9.42. The second kappa shape index (κ2) is 10.9. The number of hydrogen-bond donors (Lipinski definition) is 2. The number of guanidine groups is 1. The zero-order valence-corrected chi connectivity index (χ0v) is 14.2. The summed E-state index contributed by atoms with van der Waals surface area (Å²) in [6.07, 6.45) is 3.40. The smallest absolute Gasteiger partial charge is 0.191 e. The maximum Gasteiger partial charge on any atom is 0.191 e. The fraction of sp³-hybridized carbons (Fsp3) is 0.938. The Morgan fingerprint density at radius 1 is 1.29 bits per heavy atom. The van der Waals surface area contributed by atoms with Crippen LogP contribution < -0.4 is 10.6 Å². The van der Waals surface area contributed by atoms with Crippen molar-refractivity contribution >= 4 is 5.96 Å². The minimum Gasteiger partial charge on any atom is -0.381 e. The van der Waals surface area contributed by atoms with Gasteiger partial charge in [-0.3, -0.25) is 4.99 Å². The lowest BCUT2D eigenvalue weighted by molar-refractivity contribution is -0.0318. The highest BCUT2D eigenvalue weighted by Crippen LogP contribution is 2.10. The van der Waals surface area contributed by atoms with Crippen molar-refractivity contribution in [2.45, 2.75) is 59.1 Å². The lowest BCUT2D eigenvalue weighted by atomic mass is 10.1. The lowest BCUT2D eigenvalue weighted by Crippen LogP contribution is -2.44. The summed E-state index contributed by atoms with van der Waals surface area (Å²) in [7, 11) is 0. The summed E-state index contributed by atoms with van der Waals surface area (Å²) in [6.45, 7) is 12.8. The average molecular weight is 299 g/mol. The van der Waals surface area contributed by atoms with E-state index in [1.54, 1.807) is 0 Å². The van der Waals surface area contributed by atoms with Gasteiger partial charge >= 0.3 is 0 Å². The summed E-state index contributed by atoms with van der Waals surface area (Å²) < 4.78 is 11.2. The Balaban J connectivity index is 2.20. The fourth-order valence-corrected chi connectivity index (χ4v) is 2.05. The summed E-state index contributed by atoms with van der Waals surface area (Å²) in [6, 6.07) is 0.418. The molecule has 1 rings (SSSR count). The van der Waals surface area contributed by atoms with E-state index in [0.29, 0.717) is 18.1 Å². The maximum atomic E-state index is 5.85. The van der Waals surface area contributed by atoms with Gasteiger partial charge in [0.25, 0.3) is 0 Å². The van der Waals surface area contributed by atoms with Crippen LogP contribution in [-0.2, 0) is 9.47 Å². The van der Waals surface area contributed by atoms with Gasteiger partial charge in [-0.05, 0) is 39.0 Å². The van der Waals surface area contributed by atoms with Crippen molar-refractivity contribution in [3.8, 4) is 0 Å². The molecule has 0 spiro atoms. The molecule has 1 saturated heterocycles. The highest BCUT2D eigenvalue weighted by Gasteiger charge is 2.13. The summed E-state index contributed by atoms with van der Waals surface area (Å²) in [5, 5.41) is 6.73. The molecule has 1 fully saturated rings. The molecule has 0 amide bonds. The zero-order valence-electron chi connectivity index (χ0n) is 14.2. The van der Waals surface area contributed by atoms with Gasteiger partial charge in [0.05, 0.1) is 6.10 Å². The van der Waals surface area contributed by atoms with E-state index < -0.39 is 0 Å². The number of rotatable bonds is 8. The second-order valence-corrected chi connectivity index (χ2v) is 5.97. The molecule has 5 nitrogen and oxygen atoms in total. The van der Waals surface area contributed by atoms with Crippen molar-refractivity contribution in [1.29, 1.82) is 0 Å². The fourth-order valence-electron chi connectivity index (χ4n) is 2.05. The minimum absolute atomic E-state index is 0.384. The van der Waals surface area contributed by atoms with Gasteiger partial charge < -0.3 is 20.1 Å². The number of ether oxygens (including phenoxy) is 2. The zero-order chi connectivity index (χ0) is 15.5. The van der Waals surface area contributed by atoms with Crippen molar-refractivity contribution < 1.29 is 9.47 Å². The van der Waals surface area contributed by atoms with E-state index in [0.717, 1.165) is 58.1 Å². The first-order chi connectivity index (χ1) is 10.1. The molecule has 5 heteroatoms. The first-order valence-electron chi connectivity index (χ1n) is 8.37. The van der Waals surface area contributed by atoms with E-state index in [4.69, 9.17) is 9.47 Å². The van der Waals surface area contributed by atoms with E-state index in [1.165, 1.54) is 0 Å². The van der Waals surface area contributed by atoms with Crippen molar-refractivity contribution in [3.63, 3.8) is 0 Å². The third kappa shape index (κ3) is 8.27. The van der Waals surface area contributed by atoms with Crippen molar-refractivity contribution in [2.75, 3.05) is 32.9 Å². The average Bonchev–Trinajstić information content (AvgIpc) is 2.48. The molecule has 0 bridgehead atoms. The number of nitrogens with zero attached hydrogens (tertiary/aromatic N) is 1. The topological polar surface area (TPSA) is 54.9 Å². The first kappa shape index (κ1) is 18.2. The molecule has 0 aromatic heterocycles. The van der Waals surface area contributed by atoms with Crippen LogP contribution in [0.5, 0.6) is 0 Å². The maximum absolute atomic E-state index is 5.85. The van der Waals surface area contributed by atoms with Gasteiger partial charge in [-0.15, -0.1) is 0 Å². The largest absolute Gasteiger partial charge is 0.381 e. The third-order valence-corrected chi connectivity index (χ3v) is 3.80. The summed E-state index contributed by atoms with van der Waals surface area (Å²) >= 11 is 0. The summed E-state index contributed by atoms with van der Waals surface area (Å²) in [4.78, 5) is 4.61. The lowest BCUT2D eigenvalue weighted by Gasteiger charge is -2.22. The third-order valence-electron chi connectivity index (χ3n) is 3.80. The van der Waals surface area contributed by atoms with E-state index in [-0.39, 0.29) is 0 Å². The molecule has 1 heterocycles. The highest BCUT2D eigenvalue weighted by molar-refractivity contribution is 5.80. The monoisotopic (exact) mass is 299 g/mol. The van der Waals surface area contributed by atoms with Crippen LogP contribution in [0.2, 0.25) is 0 Å². The van der Waals surface area contributed by atoms with Crippen molar-refractivity contribution in [3.05, 3.63) is 0 Å². The molecule has 1 unspecified atom stereocenters. The van der Waals surface area contributed by atoms with Crippen LogP contribution in [0.25, 0.3) is 0 Å². The van der Waals surface area contributed by atoms with E-state index in [2.05, 4.69) is 43.3 Å². The predicted molar refractivity (Wildman–Crippen MR) is 87.8 cm³/mol. The highest BCUT2D eigenvalue weighted by atomic mass is 16.5. The molecular formula is C16H33N3O2. The molecule has 1 aliphatic heterocycles. The van der Waals surface area contributed by atoms with Gasteiger partial charge in [0.1, 0.15) is 0 Å². The van der Waals surface area contributed by atoms with Gasteiger partial charge in [-0.25, -0.2) is 0 Å². The predicted octanol–water partition coefficient (Wildman–Crippen LogP) is 2.17. The summed E-state index contributed by atoms with van der Waals surface area (Å²) in [5.41, 5.74) is 0. The van der Waals surface area contributed by atoms with Gasteiger partial charge in [0, 0.05) is 39.0 Å². The van der Waals surface area contributed by atoms with Crippen LogP contribution >= 0.6 is 0 Å². The number of hydrogen-bond acceptors (Lipinski definition) is 3. The summed E-state index contributed by atoms with van der Waals surface area (Å²) in [5.74, 6) is 1.50. The first-order valence-corrected chi connectivity index (χ1v) is 8.37. The standard InChI is InChI=1S/C16H33N3O2/c1-5-17-16(19-14(4)13(2)3)18-9-6-10-21-15-7-11-20-12-8-15/h13-15H,5-12H2,1-4H3,(H2,17,18,19). The number of nitrogens with one attached hydrogen (secondary N) is 2. The van der Waals surface area contributed by atoms with Gasteiger partial charge in [-0.2, -0.15) is 0 Å². The Morgan fingerprint density at radius 2 is 2.00 bits per heavy atom. The van der Waals surface area contributed by atoms with E-state index >= 15 is 0 Å². The quantitative estimate of drug-likeness (QED) is 0.410. The molecule has 2 N–H and O–H groups in total. The Labute approximate surface area is 129 Å². The molecule has 124 valence electrons. The molecular weight excluding hydrogens is 266 g/mol. The van der Waals surface area contributed by atoms with Crippen molar-refractivity contribution in [2.24, 2.45) is 10.9 Å². The second-order valence-electron chi connectivity index (χ2n) is 5.97. The molecule has 0 aliphatic carbocycles.